The van der Waals surface area contributed by atoms with Gasteiger partial charge in [0, 0.05) is 6.42 Å². The fraction of sp³-hybridized carbons (Fsp3) is 0.955. The maximum absolute atomic E-state index is 11.9. The van der Waals surface area contributed by atoms with Gasteiger partial charge in [-0.05, 0) is 13.3 Å². The second-order valence-corrected chi connectivity index (χ2v) is 8.16. The van der Waals surface area contributed by atoms with Crippen LogP contribution in [0, 0.1) is 0 Å². The van der Waals surface area contributed by atoms with Crippen LogP contribution in [-0.4, -0.2) is 52.0 Å². The molecule has 0 radical (unpaired) electrons. The zero-order valence-electron chi connectivity index (χ0n) is 17.9. The van der Waals surface area contributed by atoms with Crippen LogP contribution in [0.5, 0.6) is 0 Å². The summed E-state index contributed by atoms with van der Waals surface area (Å²) in [6, 6.07) is 0. The van der Waals surface area contributed by atoms with Crippen LogP contribution in [0.2, 0.25) is 0 Å². The third kappa shape index (κ3) is 10.2. The SMILES string of the molecule is CCCCCCCCCCCCCCCC(=O)OC1O[C@H](C)[C@H](O)[C@H](O)[C@H]1O. The van der Waals surface area contributed by atoms with Crippen LogP contribution in [0.1, 0.15) is 104 Å². The van der Waals surface area contributed by atoms with Crippen molar-refractivity contribution in [1.82, 2.24) is 0 Å². The molecular weight excluding hydrogens is 360 g/mol. The topological polar surface area (TPSA) is 96.2 Å². The van der Waals surface area contributed by atoms with Crippen LogP contribution < -0.4 is 0 Å². The molecule has 166 valence electrons. The lowest BCUT2D eigenvalue weighted by Crippen LogP contribution is -2.57. The average Bonchev–Trinajstić information content (AvgIpc) is 2.68. The predicted molar refractivity (Wildman–Crippen MR) is 109 cm³/mol. The first-order valence-electron chi connectivity index (χ1n) is 11.4. The van der Waals surface area contributed by atoms with E-state index < -0.39 is 36.7 Å². The largest absolute Gasteiger partial charge is 0.433 e. The molecule has 0 spiro atoms. The quantitative estimate of drug-likeness (QED) is 0.284. The Kier molecular flexibility index (Phi) is 13.8. The van der Waals surface area contributed by atoms with Crippen LogP contribution in [-0.2, 0) is 14.3 Å². The van der Waals surface area contributed by atoms with E-state index in [0.29, 0.717) is 0 Å². The van der Waals surface area contributed by atoms with Gasteiger partial charge in [0.2, 0.25) is 6.29 Å². The van der Waals surface area contributed by atoms with Crippen molar-refractivity contribution in [3.05, 3.63) is 0 Å². The van der Waals surface area contributed by atoms with Crippen molar-refractivity contribution in [2.24, 2.45) is 0 Å². The number of unbranched alkanes of at least 4 members (excludes halogenated alkanes) is 12. The molecule has 1 heterocycles. The van der Waals surface area contributed by atoms with Crippen LogP contribution >= 0.6 is 0 Å². The third-order valence-electron chi connectivity index (χ3n) is 5.54. The first-order valence-corrected chi connectivity index (χ1v) is 11.4. The molecule has 5 atom stereocenters. The van der Waals surface area contributed by atoms with E-state index in [0.717, 1.165) is 19.3 Å². The lowest BCUT2D eigenvalue weighted by Gasteiger charge is -2.38. The van der Waals surface area contributed by atoms with Gasteiger partial charge in [-0.3, -0.25) is 4.79 Å². The van der Waals surface area contributed by atoms with Gasteiger partial charge >= 0.3 is 5.97 Å². The van der Waals surface area contributed by atoms with Gasteiger partial charge in [0.1, 0.15) is 18.3 Å². The lowest BCUT2D eigenvalue weighted by atomic mass is 10.00. The van der Waals surface area contributed by atoms with Crippen molar-refractivity contribution in [2.75, 3.05) is 0 Å². The third-order valence-corrected chi connectivity index (χ3v) is 5.54. The fourth-order valence-corrected chi connectivity index (χ4v) is 3.59. The second kappa shape index (κ2) is 15.2. The van der Waals surface area contributed by atoms with Gasteiger partial charge in [-0.15, -0.1) is 0 Å². The van der Waals surface area contributed by atoms with E-state index >= 15 is 0 Å². The Bertz CT molecular complexity index is 402. The number of carbonyl (C=O) groups excluding carboxylic acids is 1. The minimum absolute atomic E-state index is 0.275. The Hall–Kier alpha value is -0.690. The summed E-state index contributed by atoms with van der Waals surface area (Å²) in [5.74, 6) is -0.442. The molecule has 28 heavy (non-hydrogen) atoms. The van der Waals surface area contributed by atoms with Gasteiger partial charge in [-0.2, -0.15) is 0 Å². The molecule has 1 fully saturated rings. The second-order valence-electron chi connectivity index (χ2n) is 8.16. The Morgan fingerprint density at radius 3 is 1.71 bits per heavy atom. The normalized spacial score (nSPS) is 27.7. The highest BCUT2D eigenvalue weighted by atomic mass is 16.7. The molecule has 3 N–H and O–H groups in total. The van der Waals surface area contributed by atoms with Gasteiger partial charge in [0.05, 0.1) is 6.10 Å². The van der Waals surface area contributed by atoms with Crippen molar-refractivity contribution >= 4 is 5.97 Å². The smallest absolute Gasteiger partial charge is 0.308 e. The molecule has 1 aliphatic rings. The number of esters is 1. The first kappa shape index (κ1) is 25.3. The van der Waals surface area contributed by atoms with Crippen molar-refractivity contribution in [3.63, 3.8) is 0 Å². The van der Waals surface area contributed by atoms with E-state index in [-0.39, 0.29) is 6.42 Å². The molecule has 0 saturated carbocycles. The van der Waals surface area contributed by atoms with Gasteiger partial charge in [-0.25, -0.2) is 0 Å². The van der Waals surface area contributed by atoms with Gasteiger partial charge in [-0.1, -0.05) is 84.0 Å². The van der Waals surface area contributed by atoms with Crippen LogP contribution in [0.25, 0.3) is 0 Å². The summed E-state index contributed by atoms with van der Waals surface area (Å²) < 4.78 is 10.4. The van der Waals surface area contributed by atoms with Gasteiger partial charge in [0.15, 0.2) is 0 Å². The maximum Gasteiger partial charge on any atom is 0.308 e. The lowest BCUT2D eigenvalue weighted by molar-refractivity contribution is -0.284. The van der Waals surface area contributed by atoms with E-state index in [4.69, 9.17) is 9.47 Å². The molecule has 6 nitrogen and oxygen atoms in total. The number of hydrogen-bond donors (Lipinski definition) is 3. The first-order chi connectivity index (χ1) is 13.5. The molecule has 0 aromatic heterocycles. The molecule has 1 aliphatic heterocycles. The number of rotatable bonds is 15. The number of hydrogen-bond acceptors (Lipinski definition) is 6. The van der Waals surface area contributed by atoms with Crippen molar-refractivity contribution in [3.8, 4) is 0 Å². The standard InChI is InChI=1S/C22H42O6/c1-3-4-5-6-7-8-9-10-11-12-13-14-15-16-18(23)28-22-21(26)20(25)19(24)17(2)27-22/h17,19-22,24-26H,3-16H2,1-2H3/t17-,19+,20+,21-,22?/m1/s1. The Morgan fingerprint density at radius 1 is 0.750 bits per heavy atom. The van der Waals surface area contributed by atoms with Gasteiger partial charge in [0.25, 0.3) is 0 Å². The molecule has 0 aromatic carbocycles. The van der Waals surface area contributed by atoms with Crippen LogP contribution in [0.15, 0.2) is 0 Å². The molecule has 0 amide bonds. The van der Waals surface area contributed by atoms with E-state index in [1.54, 1.807) is 6.92 Å². The summed E-state index contributed by atoms with van der Waals surface area (Å²) in [6.07, 6.45) is 10.5. The minimum atomic E-state index is -1.43. The molecule has 0 aromatic rings. The zero-order valence-corrected chi connectivity index (χ0v) is 17.9. The number of aliphatic hydroxyl groups excluding tert-OH is 3. The number of ether oxygens (including phenoxy) is 2. The zero-order chi connectivity index (χ0) is 20.8. The molecule has 1 rings (SSSR count). The summed E-state index contributed by atoms with van der Waals surface area (Å²) in [4.78, 5) is 11.9. The molecule has 1 saturated heterocycles. The Labute approximate surface area is 170 Å². The number of aliphatic hydroxyl groups is 3. The minimum Gasteiger partial charge on any atom is -0.433 e. The summed E-state index contributed by atoms with van der Waals surface area (Å²) in [5, 5.41) is 29.2. The molecule has 6 heteroatoms. The highest BCUT2D eigenvalue weighted by Crippen LogP contribution is 2.22. The molecule has 0 aliphatic carbocycles. The monoisotopic (exact) mass is 402 g/mol. The number of carbonyl (C=O) groups is 1. The predicted octanol–water partition coefficient (Wildman–Crippen LogP) is 3.84. The van der Waals surface area contributed by atoms with Crippen molar-refractivity contribution in [1.29, 1.82) is 0 Å². The van der Waals surface area contributed by atoms with E-state index in [9.17, 15) is 20.1 Å². The molecular formula is C22H42O6. The average molecular weight is 403 g/mol. The molecule has 0 bridgehead atoms. The van der Waals surface area contributed by atoms with E-state index in [1.165, 1.54) is 64.2 Å². The summed E-state index contributed by atoms with van der Waals surface area (Å²) in [7, 11) is 0. The highest BCUT2D eigenvalue weighted by Gasteiger charge is 2.43. The summed E-state index contributed by atoms with van der Waals surface area (Å²) >= 11 is 0. The van der Waals surface area contributed by atoms with Crippen molar-refractivity contribution in [2.45, 2.75) is 134 Å². The fourth-order valence-electron chi connectivity index (χ4n) is 3.59. The van der Waals surface area contributed by atoms with Crippen LogP contribution in [0.4, 0.5) is 0 Å². The molecule has 1 unspecified atom stereocenters. The summed E-state index contributed by atoms with van der Waals surface area (Å²) in [6.45, 7) is 3.81. The summed E-state index contributed by atoms with van der Waals surface area (Å²) in [5.41, 5.74) is 0. The maximum atomic E-state index is 11.9. The Morgan fingerprint density at radius 2 is 1.21 bits per heavy atom. The van der Waals surface area contributed by atoms with Crippen LogP contribution in [0.3, 0.4) is 0 Å². The Balaban J connectivity index is 1.95. The van der Waals surface area contributed by atoms with E-state index in [1.807, 2.05) is 0 Å². The highest BCUT2D eigenvalue weighted by molar-refractivity contribution is 5.69. The van der Waals surface area contributed by atoms with E-state index in [2.05, 4.69) is 6.92 Å². The van der Waals surface area contributed by atoms with Crippen molar-refractivity contribution < 1.29 is 29.6 Å². The van der Waals surface area contributed by atoms with Gasteiger partial charge < -0.3 is 24.8 Å².